The van der Waals surface area contributed by atoms with Crippen LogP contribution in [0.5, 0.6) is 0 Å². The summed E-state index contributed by atoms with van der Waals surface area (Å²) in [6.45, 7) is 6.00. The average Bonchev–Trinajstić information content (AvgIpc) is 3.23. The molecule has 1 atom stereocenters. The summed E-state index contributed by atoms with van der Waals surface area (Å²) >= 11 is 3.14. The first-order valence-electron chi connectivity index (χ1n) is 11.0. The highest BCUT2D eigenvalue weighted by Gasteiger charge is 2.38. The number of carbonyl (C=O) groups is 1. The van der Waals surface area contributed by atoms with Crippen LogP contribution in [0.25, 0.3) is 0 Å². The standard InChI is InChI=1S/C24H28BrFN4O4S/c1-16(2)11-22(24(31)34-4)30(35(32,33)23-10-9-19(26)12-21(23)25)15-20-14-29(28-27-20)13-18-7-5-17(3)6-8-18/h5-10,12,14,16,22H,11,13,15H2,1-4H3/t22-/m0/s1. The van der Waals surface area contributed by atoms with Gasteiger partial charge in [-0.1, -0.05) is 48.9 Å². The summed E-state index contributed by atoms with van der Waals surface area (Å²) in [7, 11) is -3.04. The van der Waals surface area contributed by atoms with E-state index in [1.807, 2.05) is 45.0 Å². The number of aromatic nitrogens is 3. The number of benzene rings is 2. The third-order valence-electron chi connectivity index (χ3n) is 5.37. The second-order valence-corrected chi connectivity index (χ2v) is 11.4. The number of hydrogen-bond acceptors (Lipinski definition) is 6. The molecule has 3 rings (SSSR count). The summed E-state index contributed by atoms with van der Waals surface area (Å²) in [6, 6.07) is 10.1. The monoisotopic (exact) mass is 566 g/mol. The van der Waals surface area contributed by atoms with E-state index in [9.17, 15) is 17.6 Å². The molecular weight excluding hydrogens is 539 g/mol. The molecule has 35 heavy (non-hydrogen) atoms. The first-order chi connectivity index (χ1) is 16.5. The number of ether oxygens (including phenoxy) is 1. The number of esters is 1. The van der Waals surface area contributed by atoms with E-state index in [2.05, 4.69) is 26.2 Å². The van der Waals surface area contributed by atoms with Gasteiger partial charge in [0, 0.05) is 4.47 Å². The van der Waals surface area contributed by atoms with E-state index in [1.165, 1.54) is 13.2 Å². The van der Waals surface area contributed by atoms with E-state index in [1.54, 1.807) is 10.9 Å². The molecule has 0 saturated carbocycles. The maximum absolute atomic E-state index is 13.8. The first-order valence-corrected chi connectivity index (χ1v) is 13.2. The van der Waals surface area contributed by atoms with Crippen LogP contribution < -0.4 is 0 Å². The number of methoxy groups -OCH3 is 1. The van der Waals surface area contributed by atoms with E-state index < -0.39 is 27.9 Å². The Bertz CT molecular complexity index is 1280. The highest BCUT2D eigenvalue weighted by Crippen LogP contribution is 2.30. The van der Waals surface area contributed by atoms with Crippen LogP contribution in [0, 0.1) is 18.7 Å². The van der Waals surface area contributed by atoms with Crippen LogP contribution in [0.1, 0.15) is 37.1 Å². The van der Waals surface area contributed by atoms with E-state index in [4.69, 9.17) is 4.74 Å². The molecule has 2 aromatic carbocycles. The van der Waals surface area contributed by atoms with Crippen molar-refractivity contribution in [3.8, 4) is 0 Å². The second kappa shape index (κ2) is 11.4. The van der Waals surface area contributed by atoms with Gasteiger partial charge in [-0.05, 0) is 59.0 Å². The Kier molecular flexibility index (Phi) is 8.79. The van der Waals surface area contributed by atoms with Crippen LogP contribution in [0.3, 0.4) is 0 Å². The Morgan fingerprint density at radius 2 is 1.89 bits per heavy atom. The number of hydrogen-bond donors (Lipinski definition) is 0. The number of aryl methyl sites for hydroxylation is 1. The molecule has 1 heterocycles. The fraction of sp³-hybridized carbons (Fsp3) is 0.375. The van der Waals surface area contributed by atoms with Crippen molar-refractivity contribution in [3.05, 3.63) is 75.8 Å². The zero-order valence-corrected chi connectivity index (χ0v) is 22.4. The number of carbonyl (C=O) groups excluding carboxylic acids is 1. The Morgan fingerprint density at radius 3 is 2.49 bits per heavy atom. The molecule has 0 aliphatic carbocycles. The largest absolute Gasteiger partial charge is 0.468 e. The summed E-state index contributed by atoms with van der Waals surface area (Å²) in [6.07, 6.45) is 1.87. The minimum atomic E-state index is -4.26. The van der Waals surface area contributed by atoms with Gasteiger partial charge in [0.05, 0.1) is 37.0 Å². The first kappa shape index (κ1) is 27.0. The molecule has 0 radical (unpaired) electrons. The third kappa shape index (κ3) is 6.74. The summed E-state index contributed by atoms with van der Waals surface area (Å²) in [5.41, 5.74) is 2.51. The second-order valence-electron chi connectivity index (χ2n) is 8.69. The average molecular weight is 567 g/mol. The van der Waals surface area contributed by atoms with Crippen molar-refractivity contribution < 1.29 is 22.3 Å². The lowest BCUT2D eigenvalue weighted by molar-refractivity contribution is -0.145. The van der Waals surface area contributed by atoms with Gasteiger partial charge in [0.2, 0.25) is 10.0 Å². The molecule has 11 heteroatoms. The lowest BCUT2D eigenvalue weighted by atomic mass is 10.0. The van der Waals surface area contributed by atoms with E-state index in [0.717, 1.165) is 27.6 Å². The Morgan fingerprint density at radius 1 is 1.20 bits per heavy atom. The van der Waals surface area contributed by atoms with Gasteiger partial charge in [-0.25, -0.2) is 17.5 Å². The van der Waals surface area contributed by atoms with Crippen molar-refractivity contribution in [2.75, 3.05) is 7.11 Å². The molecule has 0 spiro atoms. The van der Waals surface area contributed by atoms with Crippen molar-refractivity contribution in [2.45, 2.75) is 51.2 Å². The van der Waals surface area contributed by atoms with Gasteiger partial charge in [0.25, 0.3) is 0 Å². The van der Waals surface area contributed by atoms with E-state index in [0.29, 0.717) is 12.2 Å². The van der Waals surface area contributed by atoms with Crippen LogP contribution in [0.4, 0.5) is 4.39 Å². The molecule has 0 aliphatic rings. The van der Waals surface area contributed by atoms with Gasteiger partial charge in [0.1, 0.15) is 11.9 Å². The van der Waals surface area contributed by atoms with Crippen LogP contribution in [-0.2, 0) is 32.6 Å². The van der Waals surface area contributed by atoms with Gasteiger partial charge in [-0.15, -0.1) is 5.10 Å². The number of sulfonamides is 1. The van der Waals surface area contributed by atoms with Crippen LogP contribution in [-0.4, -0.2) is 46.8 Å². The molecule has 0 fully saturated rings. The highest BCUT2D eigenvalue weighted by atomic mass is 79.9. The fourth-order valence-corrected chi connectivity index (χ4v) is 6.19. The topological polar surface area (TPSA) is 94.4 Å². The molecule has 0 saturated heterocycles. The van der Waals surface area contributed by atoms with Crippen molar-refractivity contribution in [3.63, 3.8) is 0 Å². The smallest absolute Gasteiger partial charge is 0.324 e. The van der Waals surface area contributed by atoms with Crippen molar-refractivity contribution in [2.24, 2.45) is 5.92 Å². The van der Waals surface area contributed by atoms with Gasteiger partial charge < -0.3 is 4.74 Å². The lowest BCUT2D eigenvalue weighted by Gasteiger charge is -2.29. The molecule has 0 aliphatic heterocycles. The Balaban J connectivity index is 1.99. The minimum absolute atomic E-state index is 0.00863. The Hall–Kier alpha value is -2.63. The lowest BCUT2D eigenvalue weighted by Crippen LogP contribution is -2.46. The minimum Gasteiger partial charge on any atom is -0.468 e. The highest BCUT2D eigenvalue weighted by molar-refractivity contribution is 9.10. The summed E-state index contributed by atoms with van der Waals surface area (Å²) in [5, 5.41) is 8.27. The molecular formula is C24H28BrFN4O4S. The van der Waals surface area contributed by atoms with E-state index in [-0.39, 0.29) is 28.3 Å². The van der Waals surface area contributed by atoms with Gasteiger partial charge in [-0.3, -0.25) is 4.79 Å². The third-order valence-corrected chi connectivity index (χ3v) is 8.20. The molecule has 0 unspecified atom stereocenters. The summed E-state index contributed by atoms with van der Waals surface area (Å²) in [4.78, 5) is 12.6. The van der Waals surface area contributed by atoms with E-state index >= 15 is 0 Å². The maximum atomic E-state index is 13.8. The van der Waals surface area contributed by atoms with Gasteiger partial charge in [-0.2, -0.15) is 4.31 Å². The predicted octanol–water partition coefficient (Wildman–Crippen LogP) is 4.32. The van der Waals surface area contributed by atoms with Crippen LogP contribution >= 0.6 is 15.9 Å². The van der Waals surface area contributed by atoms with Gasteiger partial charge >= 0.3 is 5.97 Å². The zero-order chi connectivity index (χ0) is 25.8. The predicted molar refractivity (Wildman–Crippen MR) is 132 cm³/mol. The van der Waals surface area contributed by atoms with Gasteiger partial charge in [0.15, 0.2) is 0 Å². The van der Waals surface area contributed by atoms with Crippen molar-refractivity contribution in [1.82, 2.24) is 19.3 Å². The van der Waals surface area contributed by atoms with Crippen molar-refractivity contribution >= 4 is 31.9 Å². The molecule has 188 valence electrons. The number of nitrogens with zero attached hydrogens (tertiary/aromatic N) is 4. The molecule has 8 nitrogen and oxygen atoms in total. The summed E-state index contributed by atoms with van der Waals surface area (Å²) in [5.74, 6) is -1.29. The quantitative estimate of drug-likeness (QED) is 0.339. The van der Waals surface area contributed by atoms with Crippen LogP contribution in [0.2, 0.25) is 0 Å². The molecule has 1 aromatic heterocycles. The molecule has 0 bridgehead atoms. The number of halogens is 2. The Labute approximate surface area is 213 Å². The molecule has 3 aromatic rings. The maximum Gasteiger partial charge on any atom is 0.324 e. The summed E-state index contributed by atoms with van der Waals surface area (Å²) < 4.78 is 48.8. The molecule has 0 amide bonds. The number of rotatable bonds is 10. The normalized spacial score (nSPS) is 12.8. The fourth-order valence-electron chi connectivity index (χ4n) is 3.62. The molecule has 0 N–H and O–H groups in total. The van der Waals surface area contributed by atoms with Crippen molar-refractivity contribution in [1.29, 1.82) is 0 Å². The van der Waals surface area contributed by atoms with Crippen LogP contribution in [0.15, 0.2) is 58.0 Å². The SMILES string of the molecule is COC(=O)[C@H](CC(C)C)N(Cc1cn(Cc2ccc(C)cc2)nn1)S(=O)(=O)c1ccc(F)cc1Br. The zero-order valence-electron chi connectivity index (χ0n) is 20.0.